The summed E-state index contributed by atoms with van der Waals surface area (Å²) < 4.78 is 52.1. The summed E-state index contributed by atoms with van der Waals surface area (Å²) >= 11 is 0. The lowest BCUT2D eigenvalue weighted by molar-refractivity contribution is -0.204. The van der Waals surface area contributed by atoms with Crippen LogP contribution in [0.3, 0.4) is 0 Å². The molecule has 0 fully saturated rings. The van der Waals surface area contributed by atoms with Crippen LogP contribution in [0.25, 0.3) is 0 Å². The summed E-state index contributed by atoms with van der Waals surface area (Å²) in [4.78, 5) is 24.9. The van der Waals surface area contributed by atoms with E-state index in [1.165, 1.54) is 56.5 Å². The minimum atomic E-state index is -5.23. The first kappa shape index (κ1) is 21.1. The van der Waals surface area contributed by atoms with Crippen LogP contribution in [0, 0.1) is 0 Å². The minimum Gasteiger partial charge on any atom is -0.495 e. The van der Waals surface area contributed by atoms with Crippen LogP contribution in [-0.2, 0) is 9.53 Å². The van der Waals surface area contributed by atoms with E-state index in [9.17, 15) is 22.8 Å². The number of carbonyl (C=O) groups is 2. The molecule has 0 aliphatic carbocycles. The number of hydrogen-bond acceptors (Lipinski definition) is 5. The first-order valence-electron chi connectivity index (χ1n) is 8.28. The number of ether oxygens (including phenoxy) is 2. The summed E-state index contributed by atoms with van der Waals surface area (Å²) in [5, 5.41) is 3.85. The molecule has 0 saturated heterocycles. The first-order valence-corrected chi connectivity index (χ1v) is 8.28. The summed E-state index contributed by atoms with van der Waals surface area (Å²) in [6, 6.07) is 12.9. The van der Waals surface area contributed by atoms with Gasteiger partial charge in [-0.3, -0.25) is 4.79 Å². The molecule has 0 heterocycles. The summed E-state index contributed by atoms with van der Waals surface area (Å²) in [5.74, 6) is -2.75. The maximum Gasteiger partial charge on any atom is 0.441 e. The number of alkyl halides is 3. The van der Waals surface area contributed by atoms with Crippen molar-refractivity contribution in [2.75, 3.05) is 19.0 Å². The molecule has 0 aliphatic heterocycles. The Labute approximate surface area is 159 Å². The lowest BCUT2D eigenvalue weighted by atomic mass is 10.1. The highest BCUT2D eigenvalue weighted by Crippen LogP contribution is 2.36. The predicted octanol–water partition coefficient (Wildman–Crippen LogP) is 3.36. The number of methoxy groups -OCH3 is 1. The molecule has 2 rings (SSSR count). The van der Waals surface area contributed by atoms with Crippen LogP contribution in [0.1, 0.15) is 17.3 Å². The van der Waals surface area contributed by atoms with Gasteiger partial charge >= 0.3 is 17.8 Å². The number of benzene rings is 2. The Kier molecular flexibility index (Phi) is 6.50. The second-order valence-electron chi connectivity index (χ2n) is 5.61. The maximum atomic E-state index is 14.1. The molecule has 1 amide bonds. The van der Waals surface area contributed by atoms with Crippen molar-refractivity contribution in [2.45, 2.75) is 18.8 Å². The zero-order valence-corrected chi connectivity index (χ0v) is 15.2. The summed E-state index contributed by atoms with van der Waals surface area (Å²) in [7, 11) is 1.27. The van der Waals surface area contributed by atoms with Gasteiger partial charge in [-0.05, 0) is 31.2 Å². The number of para-hydroxylation sites is 2. The van der Waals surface area contributed by atoms with Gasteiger partial charge in [0.15, 0.2) is 0 Å². The van der Waals surface area contributed by atoms with Crippen LogP contribution in [0.4, 0.5) is 18.9 Å². The topological polar surface area (TPSA) is 76.7 Å². The molecule has 2 aromatic rings. The lowest BCUT2D eigenvalue weighted by Crippen LogP contribution is -2.69. The number of nitrogens with one attached hydrogen (secondary N) is 2. The van der Waals surface area contributed by atoms with Crippen LogP contribution >= 0.6 is 0 Å². The van der Waals surface area contributed by atoms with E-state index in [-0.39, 0.29) is 23.6 Å². The van der Waals surface area contributed by atoms with Gasteiger partial charge in [-0.1, -0.05) is 30.3 Å². The number of hydrogen-bond donors (Lipinski definition) is 2. The van der Waals surface area contributed by atoms with E-state index < -0.39 is 23.7 Å². The van der Waals surface area contributed by atoms with Gasteiger partial charge in [0.2, 0.25) is 0 Å². The molecule has 2 N–H and O–H groups in total. The van der Waals surface area contributed by atoms with Gasteiger partial charge in [0.05, 0.1) is 19.4 Å². The van der Waals surface area contributed by atoms with E-state index in [0.717, 1.165) is 0 Å². The number of halogens is 3. The average molecular weight is 396 g/mol. The normalized spacial score (nSPS) is 13.2. The first-order chi connectivity index (χ1) is 13.2. The number of rotatable bonds is 7. The number of amides is 1. The molecule has 0 spiro atoms. The van der Waals surface area contributed by atoms with Crippen molar-refractivity contribution < 1.29 is 32.2 Å². The van der Waals surface area contributed by atoms with Crippen molar-refractivity contribution in [3.05, 3.63) is 60.2 Å². The van der Waals surface area contributed by atoms with Crippen molar-refractivity contribution in [1.82, 2.24) is 5.32 Å². The fourth-order valence-corrected chi connectivity index (χ4v) is 2.41. The third-order valence-electron chi connectivity index (χ3n) is 3.77. The fraction of sp³-hybridized carbons (Fsp3) is 0.263. The molecule has 1 unspecified atom stereocenters. The Balaban J connectivity index is 2.54. The quantitative estimate of drug-likeness (QED) is 0.555. The second-order valence-corrected chi connectivity index (χ2v) is 5.61. The average Bonchev–Trinajstić information content (AvgIpc) is 2.67. The van der Waals surface area contributed by atoms with E-state index in [2.05, 4.69) is 10.1 Å². The monoisotopic (exact) mass is 396 g/mol. The molecule has 150 valence electrons. The van der Waals surface area contributed by atoms with Gasteiger partial charge in [0.1, 0.15) is 5.75 Å². The largest absolute Gasteiger partial charge is 0.495 e. The summed E-state index contributed by atoms with van der Waals surface area (Å²) in [6.07, 6.45) is -5.23. The van der Waals surface area contributed by atoms with Gasteiger partial charge < -0.3 is 20.1 Å². The van der Waals surface area contributed by atoms with Crippen molar-refractivity contribution in [3.63, 3.8) is 0 Å². The van der Waals surface area contributed by atoms with Crippen molar-refractivity contribution in [3.8, 4) is 5.75 Å². The molecule has 0 aromatic heterocycles. The Hall–Kier alpha value is -3.23. The second kappa shape index (κ2) is 8.64. The Morgan fingerprint density at radius 3 is 2.18 bits per heavy atom. The summed E-state index contributed by atoms with van der Waals surface area (Å²) in [6.45, 7) is 1.05. The van der Waals surface area contributed by atoms with Gasteiger partial charge in [-0.2, -0.15) is 13.2 Å². The molecule has 0 saturated carbocycles. The maximum absolute atomic E-state index is 14.1. The smallest absolute Gasteiger partial charge is 0.441 e. The van der Waals surface area contributed by atoms with Gasteiger partial charge in [0, 0.05) is 5.56 Å². The molecular formula is C19H19F3N2O4. The zero-order valence-electron chi connectivity index (χ0n) is 15.2. The SMILES string of the molecule is CCOC(=O)C(NC(=O)c1ccccc1)(Nc1ccccc1OC)C(F)(F)F. The number of esters is 1. The van der Waals surface area contributed by atoms with Crippen molar-refractivity contribution >= 4 is 17.6 Å². The van der Waals surface area contributed by atoms with Crippen LogP contribution in [0.15, 0.2) is 54.6 Å². The highest BCUT2D eigenvalue weighted by Gasteiger charge is 2.64. The van der Waals surface area contributed by atoms with E-state index in [0.29, 0.717) is 0 Å². The highest BCUT2D eigenvalue weighted by molar-refractivity contribution is 5.99. The standard InChI is InChI=1S/C19H19F3N2O4/c1-3-28-17(26)18(19(20,21)22,23-14-11-7-8-12-15(14)27-2)24-16(25)13-9-5-4-6-10-13/h4-12,23H,3H2,1-2H3,(H,24,25). The molecule has 2 aromatic carbocycles. The molecule has 0 bridgehead atoms. The zero-order chi connectivity index (χ0) is 20.8. The third kappa shape index (κ3) is 4.36. The van der Waals surface area contributed by atoms with Gasteiger partial charge in [0.25, 0.3) is 5.91 Å². The molecular weight excluding hydrogens is 377 g/mol. The summed E-state index contributed by atoms with van der Waals surface area (Å²) in [5.41, 5.74) is -3.73. The lowest BCUT2D eigenvalue weighted by Gasteiger charge is -2.35. The Morgan fingerprint density at radius 1 is 1.00 bits per heavy atom. The van der Waals surface area contributed by atoms with Crippen LogP contribution in [-0.4, -0.2) is 37.4 Å². The van der Waals surface area contributed by atoms with Gasteiger partial charge in [-0.15, -0.1) is 0 Å². The number of anilines is 1. The van der Waals surface area contributed by atoms with Crippen LogP contribution < -0.4 is 15.4 Å². The van der Waals surface area contributed by atoms with Crippen LogP contribution in [0.5, 0.6) is 5.75 Å². The van der Waals surface area contributed by atoms with Crippen LogP contribution in [0.2, 0.25) is 0 Å². The Morgan fingerprint density at radius 2 is 1.61 bits per heavy atom. The van der Waals surface area contributed by atoms with Gasteiger partial charge in [-0.25, -0.2) is 4.79 Å². The molecule has 28 heavy (non-hydrogen) atoms. The molecule has 0 aliphatic rings. The van der Waals surface area contributed by atoms with E-state index >= 15 is 0 Å². The molecule has 6 nitrogen and oxygen atoms in total. The van der Waals surface area contributed by atoms with Crippen molar-refractivity contribution in [1.29, 1.82) is 0 Å². The Bertz CT molecular complexity index is 827. The highest BCUT2D eigenvalue weighted by atomic mass is 19.4. The molecule has 1 atom stereocenters. The van der Waals surface area contributed by atoms with E-state index in [1.54, 1.807) is 17.4 Å². The molecule has 0 radical (unpaired) electrons. The fourth-order valence-electron chi connectivity index (χ4n) is 2.41. The number of carbonyl (C=O) groups excluding carboxylic acids is 2. The van der Waals surface area contributed by atoms with Crippen molar-refractivity contribution in [2.24, 2.45) is 0 Å². The molecule has 9 heteroatoms. The third-order valence-corrected chi connectivity index (χ3v) is 3.77. The van der Waals surface area contributed by atoms with E-state index in [4.69, 9.17) is 4.74 Å². The van der Waals surface area contributed by atoms with E-state index in [1.807, 2.05) is 0 Å². The minimum absolute atomic E-state index is 0.0504. The predicted molar refractivity (Wildman–Crippen MR) is 95.9 cm³/mol.